The van der Waals surface area contributed by atoms with Gasteiger partial charge >= 0.3 is 0 Å². The average molecular weight is 471 g/mol. The van der Waals surface area contributed by atoms with Crippen molar-refractivity contribution in [1.82, 2.24) is 14.5 Å². The standard InChI is InChI=1S/C23H26N4O3S2/c1-16(2)17-8-10-19(11-9-17)22-25-26-23(31-22)24-21(28)18-12-14-27(15-13-18)32(29,30)20-6-4-3-5-7-20/h3-11,16,18H,12-15H2,1-2H3,(H,24,26,28). The highest BCUT2D eigenvalue weighted by Gasteiger charge is 2.32. The number of amides is 1. The Balaban J connectivity index is 1.35. The molecule has 0 saturated carbocycles. The van der Waals surface area contributed by atoms with Gasteiger partial charge in [0.15, 0.2) is 0 Å². The molecule has 32 heavy (non-hydrogen) atoms. The number of nitrogens with one attached hydrogen (secondary N) is 1. The number of aromatic nitrogens is 2. The van der Waals surface area contributed by atoms with Crippen LogP contribution >= 0.6 is 11.3 Å². The predicted molar refractivity (Wildman–Crippen MR) is 126 cm³/mol. The van der Waals surface area contributed by atoms with E-state index in [0.717, 1.165) is 10.6 Å². The highest BCUT2D eigenvalue weighted by Crippen LogP contribution is 2.29. The second-order valence-electron chi connectivity index (χ2n) is 8.17. The van der Waals surface area contributed by atoms with Crippen molar-refractivity contribution >= 4 is 32.4 Å². The summed E-state index contributed by atoms with van der Waals surface area (Å²) < 4.78 is 27.0. The second-order valence-corrected chi connectivity index (χ2v) is 11.1. The third-order valence-corrected chi connectivity index (χ3v) is 8.49. The molecule has 1 aliphatic heterocycles. The Morgan fingerprint density at radius 1 is 1.03 bits per heavy atom. The summed E-state index contributed by atoms with van der Waals surface area (Å²) in [6.45, 7) is 4.93. The highest BCUT2D eigenvalue weighted by molar-refractivity contribution is 7.89. The van der Waals surface area contributed by atoms with Gasteiger partial charge in [-0.05, 0) is 36.5 Å². The average Bonchev–Trinajstić information content (AvgIpc) is 3.28. The zero-order valence-corrected chi connectivity index (χ0v) is 19.7. The van der Waals surface area contributed by atoms with Gasteiger partial charge in [0, 0.05) is 24.6 Å². The molecule has 0 spiro atoms. The van der Waals surface area contributed by atoms with E-state index in [4.69, 9.17) is 0 Å². The molecular formula is C23H26N4O3S2. The van der Waals surface area contributed by atoms with Crippen LogP contribution in [0.1, 0.15) is 38.2 Å². The molecule has 0 unspecified atom stereocenters. The van der Waals surface area contributed by atoms with E-state index in [9.17, 15) is 13.2 Å². The topological polar surface area (TPSA) is 92.3 Å². The van der Waals surface area contributed by atoms with Gasteiger partial charge < -0.3 is 5.32 Å². The van der Waals surface area contributed by atoms with Gasteiger partial charge in [0.1, 0.15) is 5.01 Å². The summed E-state index contributed by atoms with van der Waals surface area (Å²) in [7, 11) is -3.52. The van der Waals surface area contributed by atoms with Crippen molar-refractivity contribution in [2.24, 2.45) is 5.92 Å². The summed E-state index contributed by atoms with van der Waals surface area (Å²) in [4.78, 5) is 13.0. The molecule has 0 aliphatic carbocycles. The zero-order chi connectivity index (χ0) is 22.7. The number of carbonyl (C=O) groups excluding carboxylic acids is 1. The number of benzene rings is 2. The summed E-state index contributed by atoms with van der Waals surface area (Å²) >= 11 is 1.33. The zero-order valence-electron chi connectivity index (χ0n) is 18.1. The van der Waals surface area contributed by atoms with Gasteiger partial charge in [0.25, 0.3) is 0 Å². The molecule has 0 atom stereocenters. The molecule has 168 valence electrons. The number of hydrogen-bond acceptors (Lipinski definition) is 6. The molecule has 1 N–H and O–H groups in total. The van der Waals surface area contributed by atoms with Crippen LogP contribution in [0.25, 0.3) is 10.6 Å². The van der Waals surface area contributed by atoms with E-state index in [1.165, 1.54) is 21.2 Å². The summed E-state index contributed by atoms with van der Waals surface area (Å²) in [5.74, 6) is 0.0666. The fraction of sp³-hybridized carbons (Fsp3) is 0.348. The first-order valence-corrected chi connectivity index (χ1v) is 12.9. The normalized spacial score (nSPS) is 15.7. The smallest absolute Gasteiger partial charge is 0.243 e. The minimum atomic E-state index is -3.52. The van der Waals surface area contributed by atoms with Crippen LogP contribution in [0, 0.1) is 5.92 Å². The predicted octanol–water partition coefficient (Wildman–Crippen LogP) is 4.37. The SMILES string of the molecule is CC(C)c1ccc(-c2nnc(NC(=O)C3CCN(S(=O)(=O)c4ccccc4)CC3)s2)cc1. The third kappa shape index (κ3) is 4.90. The fourth-order valence-electron chi connectivity index (χ4n) is 3.71. The van der Waals surface area contributed by atoms with Crippen LogP contribution in [-0.4, -0.2) is 41.9 Å². The first-order chi connectivity index (χ1) is 15.3. The number of hydrogen-bond donors (Lipinski definition) is 1. The molecule has 1 aromatic heterocycles. The summed E-state index contributed by atoms with van der Waals surface area (Å²) in [5.41, 5.74) is 2.22. The van der Waals surface area contributed by atoms with Gasteiger partial charge in [-0.15, -0.1) is 10.2 Å². The quantitative estimate of drug-likeness (QED) is 0.578. The van der Waals surface area contributed by atoms with Gasteiger partial charge in [0.2, 0.25) is 21.1 Å². The van der Waals surface area contributed by atoms with Crippen molar-refractivity contribution in [3.63, 3.8) is 0 Å². The van der Waals surface area contributed by atoms with Crippen LogP contribution in [0.3, 0.4) is 0 Å². The summed E-state index contributed by atoms with van der Waals surface area (Å²) in [6.07, 6.45) is 0.945. The maximum Gasteiger partial charge on any atom is 0.243 e. The van der Waals surface area contributed by atoms with E-state index in [1.54, 1.807) is 30.3 Å². The summed E-state index contributed by atoms with van der Waals surface area (Å²) in [6, 6.07) is 16.6. The van der Waals surface area contributed by atoms with Crippen LogP contribution in [0.5, 0.6) is 0 Å². The van der Waals surface area contributed by atoms with Crippen molar-refractivity contribution in [3.8, 4) is 10.6 Å². The molecule has 7 nitrogen and oxygen atoms in total. The number of anilines is 1. The molecule has 1 amide bonds. The number of carbonyl (C=O) groups is 1. The van der Waals surface area contributed by atoms with Crippen molar-refractivity contribution < 1.29 is 13.2 Å². The molecule has 0 bridgehead atoms. The van der Waals surface area contributed by atoms with Crippen molar-refractivity contribution in [2.75, 3.05) is 18.4 Å². The minimum Gasteiger partial charge on any atom is -0.300 e. The van der Waals surface area contributed by atoms with E-state index in [0.29, 0.717) is 37.0 Å². The van der Waals surface area contributed by atoms with Gasteiger partial charge in [-0.3, -0.25) is 4.79 Å². The Kier molecular flexibility index (Phi) is 6.68. The molecule has 9 heteroatoms. The molecule has 4 rings (SSSR count). The van der Waals surface area contributed by atoms with Gasteiger partial charge in [0.05, 0.1) is 4.90 Å². The lowest BCUT2D eigenvalue weighted by Crippen LogP contribution is -2.41. The molecule has 0 radical (unpaired) electrons. The third-order valence-electron chi connectivity index (χ3n) is 5.69. The van der Waals surface area contributed by atoms with Gasteiger partial charge in [-0.25, -0.2) is 8.42 Å². The maximum absolute atomic E-state index is 12.8. The second kappa shape index (κ2) is 9.48. The van der Waals surface area contributed by atoms with E-state index in [-0.39, 0.29) is 16.7 Å². The van der Waals surface area contributed by atoms with E-state index in [1.807, 2.05) is 12.1 Å². The molecule has 2 heterocycles. The number of rotatable bonds is 6. The van der Waals surface area contributed by atoms with Crippen LogP contribution in [0.15, 0.2) is 59.5 Å². The van der Waals surface area contributed by atoms with E-state index < -0.39 is 10.0 Å². The van der Waals surface area contributed by atoms with Crippen molar-refractivity contribution in [3.05, 3.63) is 60.2 Å². The number of sulfonamides is 1. The lowest BCUT2D eigenvalue weighted by Gasteiger charge is -2.30. The van der Waals surface area contributed by atoms with Crippen LogP contribution in [0.2, 0.25) is 0 Å². The Hall–Kier alpha value is -2.62. The van der Waals surface area contributed by atoms with Gasteiger partial charge in [-0.1, -0.05) is 67.6 Å². The summed E-state index contributed by atoms with van der Waals surface area (Å²) in [5, 5.41) is 12.4. The van der Waals surface area contributed by atoms with E-state index in [2.05, 4.69) is 41.5 Å². The number of nitrogens with zero attached hydrogens (tertiary/aromatic N) is 3. The fourth-order valence-corrected chi connectivity index (χ4v) is 5.95. The molecule has 1 fully saturated rings. The van der Waals surface area contributed by atoms with Crippen molar-refractivity contribution in [1.29, 1.82) is 0 Å². The first kappa shape index (κ1) is 22.6. The van der Waals surface area contributed by atoms with Crippen LogP contribution in [0.4, 0.5) is 5.13 Å². The Morgan fingerprint density at radius 2 is 1.69 bits per heavy atom. The van der Waals surface area contributed by atoms with Crippen LogP contribution in [-0.2, 0) is 14.8 Å². The largest absolute Gasteiger partial charge is 0.300 e. The molecule has 2 aromatic carbocycles. The monoisotopic (exact) mass is 470 g/mol. The Bertz CT molecular complexity index is 1170. The van der Waals surface area contributed by atoms with Gasteiger partial charge in [-0.2, -0.15) is 4.31 Å². The lowest BCUT2D eigenvalue weighted by molar-refractivity contribution is -0.120. The molecule has 3 aromatic rings. The number of piperidine rings is 1. The Labute approximate surface area is 192 Å². The Morgan fingerprint density at radius 3 is 2.31 bits per heavy atom. The maximum atomic E-state index is 12.8. The first-order valence-electron chi connectivity index (χ1n) is 10.6. The highest BCUT2D eigenvalue weighted by atomic mass is 32.2. The van der Waals surface area contributed by atoms with E-state index >= 15 is 0 Å². The van der Waals surface area contributed by atoms with Crippen LogP contribution < -0.4 is 5.32 Å². The molecule has 1 saturated heterocycles. The minimum absolute atomic E-state index is 0.139. The molecule has 1 aliphatic rings. The lowest BCUT2D eigenvalue weighted by atomic mass is 9.97. The molecular weight excluding hydrogens is 444 g/mol. The van der Waals surface area contributed by atoms with Crippen molar-refractivity contribution in [2.45, 2.75) is 37.5 Å².